The Morgan fingerprint density at radius 3 is 2.73 bits per heavy atom. The van der Waals surface area contributed by atoms with Crippen LogP contribution in [0, 0.1) is 0 Å². The standard InChI is InChI=1S/C23H17N5O2/c1-14(29)30-21-9-5-3-7-18(21)23-26-20-8-4-2-6-17(20)22(27-23)25-16-10-11-19-15(12-16)13-24-28-19/h2-13H,1H3,(H,24,28)(H,25,26,27). The number of benzene rings is 3. The fourth-order valence-corrected chi connectivity index (χ4v) is 3.34. The lowest BCUT2D eigenvalue weighted by molar-refractivity contribution is -0.131. The highest BCUT2D eigenvalue weighted by Gasteiger charge is 2.14. The second-order valence-electron chi connectivity index (χ2n) is 6.80. The first-order valence-electron chi connectivity index (χ1n) is 9.42. The smallest absolute Gasteiger partial charge is 0.308 e. The number of anilines is 2. The molecule has 3 aromatic carbocycles. The minimum atomic E-state index is -0.394. The van der Waals surface area contributed by atoms with E-state index >= 15 is 0 Å². The molecule has 7 heteroatoms. The number of nitrogens with zero attached hydrogens (tertiary/aromatic N) is 3. The Hall–Kier alpha value is -4.26. The lowest BCUT2D eigenvalue weighted by Gasteiger charge is -2.13. The Labute approximate surface area is 171 Å². The molecule has 0 saturated carbocycles. The molecule has 0 aliphatic heterocycles. The van der Waals surface area contributed by atoms with Crippen LogP contribution in [-0.2, 0) is 4.79 Å². The predicted molar refractivity (Wildman–Crippen MR) is 116 cm³/mol. The summed E-state index contributed by atoms with van der Waals surface area (Å²) in [6, 6.07) is 20.9. The molecule has 0 aliphatic rings. The summed E-state index contributed by atoms with van der Waals surface area (Å²) in [5.74, 6) is 1.16. The molecule has 0 bridgehead atoms. The van der Waals surface area contributed by atoms with Crippen molar-refractivity contribution in [2.24, 2.45) is 0 Å². The average molecular weight is 395 g/mol. The monoisotopic (exact) mass is 395 g/mol. The number of ether oxygens (including phenoxy) is 1. The molecular formula is C23H17N5O2. The summed E-state index contributed by atoms with van der Waals surface area (Å²) in [5.41, 5.74) is 3.27. The zero-order valence-corrected chi connectivity index (χ0v) is 16.1. The van der Waals surface area contributed by atoms with Crippen molar-refractivity contribution in [2.75, 3.05) is 5.32 Å². The van der Waals surface area contributed by atoms with Gasteiger partial charge in [0, 0.05) is 23.4 Å². The highest BCUT2D eigenvalue weighted by Crippen LogP contribution is 2.32. The topological polar surface area (TPSA) is 92.8 Å². The lowest BCUT2D eigenvalue weighted by Crippen LogP contribution is -2.04. The molecule has 2 heterocycles. The summed E-state index contributed by atoms with van der Waals surface area (Å²) in [6.45, 7) is 1.37. The number of rotatable bonds is 4. The van der Waals surface area contributed by atoms with Crippen molar-refractivity contribution in [3.05, 3.63) is 72.9 Å². The molecule has 30 heavy (non-hydrogen) atoms. The first-order chi connectivity index (χ1) is 14.7. The molecular weight excluding hydrogens is 378 g/mol. The van der Waals surface area contributed by atoms with E-state index in [9.17, 15) is 4.79 Å². The van der Waals surface area contributed by atoms with Crippen LogP contribution in [0.5, 0.6) is 5.75 Å². The Morgan fingerprint density at radius 1 is 1.00 bits per heavy atom. The van der Waals surface area contributed by atoms with Gasteiger partial charge in [0.05, 0.1) is 22.8 Å². The highest BCUT2D eigenvalue weighted by atomic mass is 16.5. The van der Waals surface area contributed by atoms with Crippen molar-refractivity contribution in [3.63, 3.8) is 0 Å². The third-order valence-corrected chi connectivity index (χ3v) is 4.69. The summed E-state index contributed by atoms with van der Waals surface area (Å²) in [7, 11) is 0. The highest BCUT2D eigenvalue weighted by molar-refractivity contribution is 5.93. The first kappa shape index (κ1) is 17.8. The van der Waals surface area contributed by atoms with Gasteiger partial charge in [0.2, 0.25) is 0 Å². The maximum Gasteiger partial charge on any atom is 0.308 e. The van der Waals surface area contributed by atoms with E-state index in [-0.39, 0.29) is 0 Å². The lowest BCUT2D eigenvalue weighted by atomic mass is 10.1. The molecule has 0 aliphatic carbocycles. The van der Waals surface area contributed by atoms with Gasteiger partial charge in [-0.25, -0.2) is 9.97 Å². The number of fused-ring (bicyclic) bond motifs is 2. The number of hydrogen-bond acceptors (Lipinski definition) is 6. The van der Waals surface area contributed by atoms with Crippen molar-refractivity contribution in [1.82, 2.24) is 20.2 Å². The van der Waals surface area contributed by atoms with Gasteiger partial charge in [0.15, 0.2) is 5.82 Å². The number of hydrogen-bond donors (Lipinski definition) is 2. The molecule has 2 N–H and O–H groups in total. The van der Waals surface area contributed by atoms with E-state index in [1.54, 1.807) is 12.3 Å². The van der Waals surface area contributed by atoms with Gasteiger partial charge in [0.25, 0.3) is 0 Å². The zero-order chi connectivity index (χ0) is 20.5. The normalized spacial score (nSPS) is 11.0. The van der Waals surface area contributed by atoms with Gasteiger partial charge in [-0.2, -0.15) is 5.10 Å². The maximum atomic E-state index is 11.5. The number of nitrogens with one attached hydrogen (secondary N) is 2. The predicted octanol–water partition coefficient (Wildman–Crippen LogP) is 4.84. The van der Waals surface area contributed by atoms with Crippen LogP contribution in [0.4, 0.5) is 11.5 Å². The van der Waals surface area contributed by atoms with Crippen LogP contribution in [0.2, 0.25) is 0 Å². The third-order valence-electron chi connectivity index (χ3n) is 4.69. The Balaban J connectivity index is 1.64. The van der Waals surface area contributed by atoms with Gasteiger partial charge < -0.3 is 10.1 Å². The second-order valence-corrected chi connectivity index (χ2v) is 6.80. The number of esters is 1. The van der Waals surface area contributed by atoms with Crippen molar-refractivity contribution >= 4 is 39.3 Å². The van der Waals surface area contributed by atoms with Crippen LogP contribution in [0.3, 0.4) is 0 Å². The van der Waals surface area contributed by atoms with E-state index in [1.165, 1.54) is 6.92 Å². The average Bonchev–Trinajstić information content (AvgIpc) is 3.21. The molecule has 7 nitrogen and oxygen atoms in total. The number of carbonyl (C=O) groups is 1. The van der Waals surface area contributed by atoms with E-state index < -0.39 is 5.97 Å². The number of para-hydroxylation sites is 2. The fraction of sp³-hybridized carbons (Fsp3) is 0.0435. The quantitative estimate of drug-likeness (QED) is 0.334. The van der Waals surface area contributed by atoms with Crippen LogP contribution in [0.1, 0.15) is 6.92 Å². The molecule has 0 spiro atoms. The molecule has 5 aromatic rings. The third kappa shape index (κ3) is 3.33. The van der Waals surface area contributed by atoms with Gasteiger partial charge in [0.1, 0.15) is 11.6 Å². The number of aromatic amines is 1. The molecule has 2 aromatic heterocycles. The molecule has 0 unspecified atom stereocenters. The number of carbonyl (C=O) groups excluding carboxylic acids is 1. The van der Waals surface area contributed by atoms with Crippen molar-refractivity contribution in [2.45, 2.75) is 6.92 Å². The Kier molecular flexibility index (Phi) is 4.33. The molecule has 146 valence electrons. The van der Waals surface area contributed by atoms with Crippen LogP contribution in [0.15, 0.2) is 72.9 Å². The van der Waals surface area contributed by atoms with E-state index in [0.29, 0.717) is 23.0 Å². The van der Waals surface area contributed by atoms with E-state index in [1.807, 2.05) is 60.7 Å². The summed E-state index contributed by atoms with van der Waals surface area (Å²) in [5, 5.41) is 12.3. The van der Waals surface area contributed by atoms with Crippen LogP contribution in [-0.4, -0.2) is 26.1 Å². The summed E-state index contributed by atoms with van der Waals surface area (Å²) < 4.78 is 5.36. The molecule has 0 saturated heterocycles. The number of H-pyrrole nitrogens is 1. The maximum absolute atomic E-state index is 11.5. The van der Waals surface area contributed by atoms with Crippen molar-refractivity contribution in [3.8, 4) is 17.1 Å². The van der Waals surface area contributed by atoms with Crippen LogP contribution >= 0.6 is 0 Å². The summed E-state index contributed by atoms with van der Waals surface area (Å²) in [6.07, 6.45) is 1.78. The van der Waals surface area contributed by atoms with Gasteiger partial charge in [-0.3, -0.25) is 9.89 Å². The van der Waals surface area contributed by atoms with Gasteiger partial charge in [-0.1, -0.05) is 24.3 Å². The van der Waals surface area contributed by atoms with Crippen molar-refractivity contribution < 1.29 is 9.53 Å². The van der Waals surface area contributed by atoms with E-state index in [0.717, 1.165) is 27.5 Å². The van der Waals surface area contributed by atoms with Gasteiger partial charge >= 0.3 is 5.97 Å². The van der Waals surface area contributed by atoms with E-state index in [2.05, 4.69) is 15.5 Å². The minimum Gasteiger partial charge on any atom is -0.426 e. The van der Waals surface area contributed by atoms with Crippen LogP contribution in [0.25, 0.3) is 33.2 Å². The summed E-state index contributed by atoms with van der Waals surface area (Å²) >= 11 is 0. The minimum absolute atomic E-state index is 0.394. The second kappa shape index (κ2) is 7.29. The number of aromatic nitrogens is 4. The van der Waals surface area contributed by atoms with E-state index in [4.69, 9.17) is 14.7 Å². The largest absolute Gasteiger partial charge is 0.426 e. The van der Waals surface area contributed by atoms with Crippen molar-refractivity contribution in [1.29, 1.82) is 0 Å². The Morgan fingerprint density at radius 2 is 1.83 bits per heavy atom. The van der Waals surface area contributed by atoms with Crippen LogP contribution < -0.4 is 10.1 Å². The molecule has 5 rings (SSSR count). The molecule has 0 amide bonds. The Bertz CT molecular complexity index is 1390. The van der Waals surface area contributed by atoms with Gasteiger partial charge in [-0.05, 0) is 42.5 Å². The van der Waals surface area contributed by atoms with Gasteiger partial charge in [-0.15, -0.1) is 0 Å². The molecule has 0 fully saturated rings. The molecule has 0 radical (unpaired) electrons. The SMILES string of the molecule is CC(=O)Oc1ccccc1-c1nc(Nc2ccc3[nH]ncc3c2)c2ccccc2n1. The molecule has 0 atom stereocenters. The fourth-order valence-electron chi connectivity index (χ4n) is 3.34. The zero-order valence-electron chi connectivity index (χ0n) is 16.1. The summed E-state index contributed by atoms with van der Waals surface area (Å²) in [4.78, 5) is 21.0. The first-order valence-corrected chi connectivity index (χ1v) is 9.42.